The van der Waals surface area contributed by atoms with Crippen LogP contribution in [0, 0.1) is 0 Å². The van der Waals surface area contributed by atoms with E-state index in [1.807, 2.05) is 0 Å². The van der Waals surface area contributed by atoms with Gasteiger partial charge in [0.1, 0.15) is 0 Å². The molecule has 0 atom stereocenters. The molecule has 1 aromatic carbocycles. The average molecular weight is 287 g/mol. The zero-order valence-corrected chi connectivity index (χ0v) is 10.9. The van der Waals surface area contributed by atoms with Gasteiger partial charge in [0.2, 0.25) is 0 Å². The van der Waals surface area contributed by atoms with E-state index in [1.54, 1.807) is 18.2 Å². The number of thioether (sulfide) groups is 1. The third-order valence-electron chi connectivity index (χ3n) is 2.06. The number of hydrogen-bond acceptors (Lipinski definition) is 3. The van der Waals surface area contributed by atoms with Gasteiger partial charge in [-0.1, -0.05) is 41.0 Å². The second-order valence-electron chi connectivity index (χ2n) is 3.23. The molecule has 0 saturated heterocycles. The van der Waals surface area contributed by atoms with Gasteiger partial charge in [0.05, 0.1) is 0 Å². The smallest absolute Gasteiger partial charge is 0.251 e. The van der Waals surface area contributed by atoms with E-state index in [9.17, 15) is 4.79 Å². The molecule has 88 valence electrons. The molecule has 0 aliphatic rings. The van der Waals surface area contributed by atoms with Crippen molar-refractivity contribution in [2.24, 2.45) is 0 Å². The Morgan fingerprint density at radius 3 is 2.59 bits per heavy atom. The van der Waals surface area contributed by atoms with E-state index >= 15 is 0 Å². The second-order valence-corrected chi connectivity index (χ2v) is 5.01. The van der Waals surface area contributed by atoms with E-state index in [1.165, 1.54) is 24.0 Å². The summed E-state index contributed by atoms with van der Waals surface area (Å²) in [6.07, 6.45) is 1.47. The van der Waals surface area contributed by atoms with E-state index in [4.69, 9.17) is 23.2 Å². The van der Waals surface area contributed by atoms with Crippen molar-refractivity contribution in [3.8, 4) is 0 Å². The van der Waals surface area contributed by atoms with Crippen molar-refractivity contribution in [3.63, 3.8) is 0 Å². The van der Waals surface area contributed by atoms with Crippen LogP contribution in [-0.4, -0.2) is 9.97 Å². The SMILES string of the molecule is O=c1ccnc(SCc2c(Cl)cccc2Cl)[nH]1. The first-order valence-corrected chi connectivity index (χ1v) is 6.52. The normalized spacial score (nSPS) is 10.5. The molecule has 3 nitrogen and oxygen atoms in total. The summed E-state index contributed by atoms with van der Waals surface area (Å²) in [7, 11) is 0. The highest BCUT2D eigenvalue weighted by Gasteiger charge is 2.06. The van der Waals surface area contributed by atoms with Gasteiger partial charge in [-0.15, -0.1) is 0 Å². The topological polar surface area (TPSA) is 45.8 Å². The maximum Gasteiger partial charge on any atom is 0.251 e. The van der Waals surface area contributed by atoms with Crippen LogP contribution in [0.5, 0.6) is 0 Å². The van der Waals surface area contributed by atoms with Gasteiger partial charge >= 0.3 is 0 Å². The van der Waals surface area contributed by atoms with Crippen LogP contribution >= 0.6 is 35.0 Å². The number of nitrogens with zero attached hydrogens (tertiary/aromatic N) is 1. The van der Waals surface area contributed by atoms with Crippen molar-refractivity contribution in [1.29, 1.82) is 0 Å². The lowest BCUT2D eigenvalue weighted by atomic mass is 10.2. The highest BCUT2D eigenvalue weighted by atomic mass is 35.5. The van der Waals surface area contributed by atoms with Crippen molar-refractivity contribution in [2.45, 2.75) is 10.9 Å². The zero-order valence-electron chi connectivity index (χ0n) is 8.61. The molecule has 0 bridgehead atoms. The van der Waals surface area contributed by atoms with Gasteiger partial charge in [-0.3, -0.25) is 4.79 Å². The Balaban J connectivity index is 2.15. The summed E-state index contributed by atoms with van der Waals surface area (Å²) in [5, 5.41) is 1.78. The first kappa shape index (κ1) is 12.5. The number of aromatic amines is 1. The lowest BCUT2D eigenvalue weighted by Crippen LogP contribution is -2.05. The molecule has 2 rings (SSSR count). The first-order chi connectivity index (χ1) is 8.16. The molecule has 6 heteroatoms. The third-order valence-corrected chi connectivity index (χ3v) is 3.68. The molecule has 17 heavy (non-hydrogen) atoms. The van der Waals surface area contributed by atoms with Gasteiger partial charge in [-0.05, 0) is 17.7 Å². The van der Waals surface area contributed by atoms with Crippen molar-refractivity contribution in [2.75, 3.05) is 0 Å². The van der Waals surface area contributed by atoms with Crippen LogP contribution in [0.2, 0.25) is 10.0 Å². The number of aromatic nitrogens is 2. The summed E-state index contributed by atoms with van der Waals surface area (Å²) in [4.78, 5) is 17.7. The quantitative estimate of drug-likeness (QED) is 0.695. The summed E-state index contributed by atoms with van der Waals surface area (Å²) in [6.45, 7) is 0. The predicted molar refractivity (Wildman–Crippen MR) is 70.9 cm³/mol. The molecule has 0 spiro atoms. The summed E-state index contributed by atoms with van der Waals surface area (Å²) >= 11 is 13.5. The van der Waals surface area contributed by atoms with E-state index in [0.29, 0.717) is 21.0 Å². The average Bonchev–Trinajstić information content (AvgIpc) is 2.28. The molecule has 0 aliphatic heterocycles. The highest BCUT2D eigenvalue weighted by Crippen LogP contribution is 2.29. The molecular formula is C11H8Cl2N2OS. The van der Waals surface area contributed by atoms with E-state index < -0.39 is 0 Å². The van der Waals surface area contributed by atoms with E-state index in [-0.39, 0.29) is 5.56 Å². The molecule has 0 fully saturated rings. The van der Waals surface area contributed by atoms with Gasteiger partial charge in [0, 0.05) is 28.1 Å². The number of H-pyrrole nitrogens is 1. The maximum atomic E-state index is 11.1. The Morgan fingerprint density at radius 2 is 1.94 bits per heavy atom. The van der Waals surface area contributed by atoms with Gasteiger partial charge < -0.3 is 4.98 Å². The van der Waals surface area contributed by atoms with Crippen LogP contribution in [0.25, 0.3) is 0 Å². The first-order valence-electron chi connectivity index (χ1n) is 4.78. The lowest BCUT2D eigenvalue weighted by Gasteiger charge is -2.05. The van der Waals surface area contributed by atoms with Gasteiger partial charge in [0.25, 0.3) is 5.56 Å². The minimum absolute atomic E-state index is 0.173. The standard InChI is InChI=1S/C11H8Cl2N2OS/c12-8-2-1-3-9(13)7(8)6-17-11-14-5-4-10(16)15-11/h1-5H,6H2,(H,14,15,16). The number of hydrogen-bond donors (Lipinski definition) is 1. The summed E-state index contributed by atoms with van der Waals surface area (Å²) < 4.78 is 0. The van der Waals surface area contributed by atoms with Crippen molar-refractivity contribution in [3.05, 3.63) is 56.4 Å². The fourth-order valence-electron chi connectivity index (χ4n) is 1.24. The van der Waals surface area contributed by atoms with E-state index in [2.05, 4.69) is 9.97 Å². The molecule has 1 aromatic heterocycles. The predicted octanol–water partition coefficient (Wildman–Crippen LogP) is 3.37. The van der Waals surface area contributed by atoms with Crippen LogP contribution in [0.4, 0.5) is 0 Å². The van der Waals surface area contributed by atoms with Crippen LogP contribution in [0.3, 0.4) is 0 Å². The number of nitrogens with one attached hydrogen (secondary N) is 1. The van der Waals surface area contributed by atoms with Crippen LogP contribution in [0.1, 0.15) is 5.56 Å². The summed E-state index contributed by atoms with van der Waals surface area (Å²) in [5.41, 5.74) is 0.667. The molecule has 0 aliphatic carbocycles. The minimum atomic E-state index is -0.173. The van der Waals surface area contributed by atoms with Crippen molar-refractivity contribution >= 4 is 35.0 Å². The fourth-order valence-corrected chi connectivity index (χ4v) is 2.83. The second kappa shape index (κ2) is 5.58. The fraction of sp³-hybridized carbons (Fsp3) is 0.0909. The molecule has 0 saturated carbocycles. The Hall–Kier alpha value is -0.970. The molecule has 0 unspecified atom stereocenters. The highest BCUT2D eigenvalue weighted by molar-refractivity contribution is 7.98. The van der Waals surface area contributed by atoms with E-state index in [0.717, 1.165) is 5.56 Å². The molecule has 1 N–H and O–H groups in total. The molecular weight excluding hydrogens is 279 g/mol. The van der Waals surface area contributed by atoms with Crippen molar-refractivity contribution < 1.29 is 0 Å². The summed E-state index contributed by atoms with van der Waals surface area (Å²) in [6, 6.07) is 6.73. The summed E-state index contributed by atoms with van der Waals surface area (Å²) in [5.74, 6) is 0.561. The van der Waals surface area contributed by atoms with Crippen LogP contribution < -0.4 is 5.56 Å². The Bertz CT molecular complexity index is 565. The monoisotopic (exact) mass is 286 g/mol. The van der Waals surface area contributed by atoms with Gasteiger partial charge in [-0.25, -0.2) is 4.98 Å². The van der Waals surface area contributed by atoms with Crippen molar-refractivity contribution in [1.82, 2.24) is 9.97 Å². The Morgan fingerprint density at radius 1 is 1.24 bits per heavy atom. The van der Waals surface area contributed by atoms with Gasteiger partial charge in [-0.2, -0.15) is 0 Å². The number of benzene rings is 1. The largest absolute Gasteiger partial charge is 0.301 e. The Kier molecular flexibility index (Phi) is 4.10. The number of halogens is 2. The molecule has 1 heterocycles. The molecule has 0 amide bonds. The van der Waals surface area contributed by atoms with Gasteiger partial charge in [0.15, 0.2) is 5.16 Å². The van der Waals surface area contributed by atoms with Crippen LogP contribution in [-0.2, 0) is 5.75 Å². The third kappa shape index (κ3) is 3.25. The molecule has 0 radical (unpaired) electrons. The maximum absolute atomic E-state index is 11.1. The van der Waals surface area contributed by atoms with Crippen LogP contribution in [0.15, 0.2) is 40.4 Å². The molecule has 2 aromatic rings. The minimum Gasteiger partial charge on any atom is -0.301 e. The zero-order chi connectivity index (χ0) is 12.3. The Labute approximate surface area is 112 Å². The lowest BCUT2D eigenvalue weighted by molar-refractivity contribution is 0.936. The number of rotatable bonds is 3.